The van der Waals surface area contributed by atoms with Crippen LogP contribution in [0.5, 0.6) is 17.2 Å². The molecule has 0 aliphatic carbocycles. The zero-order valence-corrected chi connectivity index (χ0v) is 19.1. The quantitative estimate of drug-likeness (QED) is 0.318. The number of carbonyl (C=O) groups excluding carboxylic acids is 1. The number of nitrogens with zero attached hydrogens (tertiary/aromatic N) is 1. The lowest BCUT2D eigenvalue weighted by Crippen LogP contribution is -2.17. The van der Waals surface area contributed by atoms with Crippen LogP contribution in [0.15, 0.2) is 65.8 Å². The normalized spacial score (nSPS) is 10.8. The molecule has 0 saturated heterocycles. The van der Waals surface area contributed by atoms with Crippen LogP contribution in [0, 0.1) is 0 Å². The molecule has 0 spiro atoms. The fourth-order valence-electron chi connectivity index (χ4n) is 2.80. The van der Waals surface area contributed by atoms with Crippen LogP contribution in [-0.4, -0.2) is 25.8 Å². The highest BCUT2D eigenvalue weighted by Gasteiger charge is 2.11. The Morgan fingerprint density at radius 3 is 2.47 bits per heavy atom. The average Bonchev–Trinajstić information content (AvgIpc) is 2.79. The Labute approximate surface area is 196 Å². The number of methoxy groups -OCH3 is 1. The Balaban J connectivity index is 1.60. The third kappa shape index (κ3) is 6.15. The smallest absolute Gasteiger partial charge is 0.271 e. The molecule has 0 bridgehead atoms. The van der Waals surface area contributed by atoms with Crippen molar-refractivity contribution in [3.8, 4) is 17.2 Å². The predicted octanol–water partition coefficient (Wildman–Crippen LogP) is 5.74. The van der Waals surface area contributed by atoms with E-state index in [4.69, 9.17) is 37.4 Å². The molecule has 1 amide bonds. The monoisotopic (exact) mass is 472 g/mol. The molecule has 3 aromatic carbocycles. The van der Waals surface area contributed by atoms with Gasteiger partial charge in [0, 0.05) is 16.1 Å². The van der Waals surface area contributed by atoms with Crippen LogP contribution in [0.1, 0.15) is 28.4 Å². The first-order valence-electron chi connectivity index (χ1n) is 9.81. The molecular formula is C24H22Cl2N2O4. The summed E-state index contributed by atoms with van der Waals surface area (Å²) < 4.78 is 16.5. The van der Waals surface area contributed by atoms with Crippen molar-refractivity contribution in [2.24, 2.45) is 5.10 Å². The fourth-order valence-corrected chi connectivity index (χ4v) is 3.24. The van der Waals surface area contributed by atoms with Crippen LogP contribution >= 0.6 is 23.2 Å². The maximum absolute atomic E-state index is 12.4. The van der Waals surface area contributed by atoms with E-state index in [0.29, 0.717) is 51.6 Å². The molecule has 8 heteroatoms. The third-order valence-electron chi connectivity index (χ3n) is 4.40. The first kappa shape index (κ1) is 23.4. The summed E-state index contributed by atoms with van der Waals surface area (Å²) in [5.74, 6) is 1.19. The van der Waals surface area contributed by atoms with Crippen LogP contribution in [0.2, 0.25) is 10.0 Å². The van der Waals surface area contributed by atoms with Crippen molar-refractivity contribution in [2.45, 2.75) is 13.5 Å². The highest BCUT2D eigenvalue weighted by molar-refractivity contribution is 6.32. The molecule has 0 fully saturated rings. The van der Waals surface area contributed by atoms with E-state index in [1.165, 1.54) is 6.21 Å². The second kappa shape index (κ2) is 11.4. The molecule has 0 unspecified atom stereocenters. The van der Waals surface area contributed by atoms with Gasteiger partial charge in [0.2, 0.25) is 0 Å². The molecule has 32 heavy (non-hydrogen) atoms. The number of rotatable bonds is 9. The van der Waals surface area contributed by atoms with Gasteiger partial charge in [0.05, 0.1) is 25.0 Å². The minimum atomic E-state index is -0.379. The Bertz CT molecular complexity index is 1120. The Hall–Kier alpha value is -3.22. The van der Waals surface area contributed by atoms with Gasteiger partial charge in [0.1, 0.15) is 12.4 Å². The predicted molar refractivity (Wildman–Crippen MR) is 126 cm³/mol. The number of nitrogens with one attached hydrogen (secondary N) is 1. The van der Waals surface area contributed by atoms with E-state index in [1.54, 1.807) is 49.6 Å². The molecule has 0 atom stereocenters. The summed E-state index contributed by atoms with van der Waals surface area (Å²) in [5, 5.41) is 5.05. The molecule has 0 aromatic heterocycles. The van der Waals surface area contributed by atoms with E-state index in [2.05, 4.69) is 10.5 Å². The largest absolute Gasteiger partial charge is 0.493 e. The lowest BCUT2D eigenvalue weighted by atomic mass is 10.2. The molecule has 3 rings (SSSR count). The molecular weight excluding hydrogens is 451 g/mol. The van der Waals surface area contributed by atoms with Gasteiger partial charge in [-0.1, -0.05) is 41.4 Å². The van der Waals surface area contributed by atoms with Gasteiger partial charge < -0.3 is 14.2 Å². The van der Waals surface area contributed by atoms with E-state index in [9.17, 15) is 4.79 Å². The molecule has 0 heterocycles. The van der Waals surface area contributed by atoms with Crippen molar-refractivity contribution >= 4 is 35.3 Å². The lowest BCUT2D eigenvalue weighted by Gasteiger charge is -2.10. The SMILES string of the molecule is CCOc1cc(C(=O)N/N=C/c2ccc(OCc3ccccc3Cl)c(Cl)c2)ccc1OC. The second-order valence-corrected chi connectivity index (χ2v) is 7.38. The number of ether oxygens (including phenoxy) is 3. The number of hydrogen-bond donors (Lipinski definition) is 1. The topological polar surface area (TPSA) is 69.2 Å². The summed E-state index contributed by atoms with van der Waals surface area (Å²) in [6.07, 6.45) is 1.49. The first-order chi connectivity index (χ1) is 15.5. The highest BCUT2D eigenvalue weighted by atomic mass is 35.5. The summed E-state index contributed by atoms with van der Waals surface area (Å²) in [5.41, 5.74) is 4.45. The van der Waals surface area contributed by atoms with Crippen LogP contribution < -0.4 is 19.6 Å². The van der Waals surface area contributed by atoms with Gasteiger partial charge in [-0.2, -0.15) is 5.10 Å². The Morgan fingerprint density at radius 2 is 1.75 bits per heavy atom. The van der Waals surface area contributed by atoms with Crippen LogP contribution in [0.25, 0.3) is 0 Å². The minimum Gasteiger partial charge on any atom is -0.493 e. The summed E-state index contributed by atoms with van der Waals surface area (Å²) >= 11 is 12.5. The number of carbonyl (C=O) groups is 1. The van der Waals surface area contributed by atoms with E-state index in [-0.39, 0.29) is 5.91 Å². The second-order valence-electron chi connectivity index (χ2n) is 6.57. The molecule has 166 valence electrons. The molecule has 0 radical (unpaired) electrons. The summed E-state index contributed by atoms with van der Waals surface area (Å²) in [4.78, 5) is 12.4. The van der Waals surface area contributed by atoms with E-state index >= 15 is 0 Å². The Kier molecular flexibility index (Phi) is 8.36. The van der Waals surface area contributed by atoms with Gasteiger partial charge in [-0.3, -0.25) is 4.79 Å². The number of hydrogen-bond acceptors (Lipinski definition) is 5. The molecule has 6 nitrogen and oxygen atoms in total. The van der Waals surface area contributed by atoms with Crippen molar-refractivity contribution in [1.29, 1.82) is 0 Å². The van der Waals surface area contributed by atoms with Crippen LogP contribution in [0.3, 0.4) is 0 Å². The summed E-state index contributed by atoms with van der Waals surface area (Å²) in [6, 6.07) is 17.6. The molecule has 1 N–H and O–H groups in total. The molecule has 0 aliphatic heterocycles. The number of benzene rings is 3. The van der Waals surface area contributed by atoms with Crippen molar-refractivity contribution in [2.75, 3.05) is 13.7 Å². The summed E-state index contributed by atoms with van der Waals surface area (Å²) in [7, 11) is 1.54. The Morgan fingerprint density at radius 1 is 0.969 bits per heavy atom. The maximum Gasteiger partial charge on any atom is 0.271 e. The number of hydrazone groups is 1. The lowest BCUT2D eigenvalue weighted by molar-refractivity contribution is 0.0954. The zero-order chi connectivity index (χ0) is 22.9. The number of amides is 1. The van der Waals surface area contributed by atoms with Gasteiger partial charge >= 0.3 is 0 Å². The maximum atomic E-state index is 12.4. The standard InChI is InChI=1S/C24H22Cl2N2O4/c1-3-31-23-13-17(9-11-22(23)30-2)24(29)28-27-14-16-8-10-21(20(26)12-16)32-15-18-6-4-5-7-19(18)25/h4-14H,3,15H2,1-2H3,(H,28,29)/b27-14+. The first-order valence-corrected chi connectivity index (χ1v) is 10.6. The van der Waals surface area contributed by atoms with E-state index in [0.717, 1.165) is 5.56 Å². The van der Waals surface area contributed by atoms with Crippen molar-refractivity contribution in [3.05, 3.63) is 87.4 Å². The van der Waals surface area contributed by atoms with Gasteiger partial charge in [-0.25, -0.2) is 5.43 Å². The van der Waals surface area contributed by atoms with Gasteiger partial charge in [-0.05, 0) is 55.0 Å². The average molecular weight is 473 g/mol. The summed E-state index contributed by atoms with van der Waals surface area (Å²) in [6.45, 7) is 2.61. The van der Waals surface area contributed by atoms with E-state index < -0.39 is 0 Å². The van der Waals surface area contributed by atoms with Gasteiger partial charge in [-0.15, -0.1) is 0 Å². The molecule has 0 saturated carbocycles. The fraction of sp³-hybridized carbons (Fsp3) is 0.167. The minimum absolute atomic E-state index is 0.300. The van der Waals surface area contributed by atoms with Gasteiger partial charge in [0.25, 0.3) is 5.91 Å². The van der Waals surface area contributed by atoms with E-state index in [1.807, 2.05) is 25.1 Å². The van der Waals surface area contributed by atoms with Crippen LogP contribution in [-0.2, 0) is 6.61 Å². The highest BCUT2D eigenvalue weighted by Crippen LogP contribution is 2.28. The van der Waals surface area contributed by atoms with Gasteiger partial charge in [0.15, 0.2) is 11.5 Å². The molecule has 0 aliphatic rings. The number of halogens is 2. The van der Waals surface area contributed by atoms with Crippen LogP contribution in [0.4, 0.5) is 0 Å². The zero-order valence-electron chi connectivity index (χ0n) is 17.6. The molecule has 3 aromatic rings. The van der Waals surface area contributed by atoms with Crippen molar-refractivity contribution in [1.82, 2.24) is 5.43 Å². The third-order valence-corrected chi connectivity index (χ3v) is 5.07. The van der Waals surface area contributed by atoms with Crippen molar-refractivity contribution < 1.29 is 19.0 Å². The van der Waals surface area contributed by atoms with Crippen molar-refractivity contribution in [3.63, 3.8) is 0 Å².